The third-order valence-corrected chi connectivity index (χ3v) is 1.13. The first-order valence-corrected chi connectivity index (χ1v) is 3.17. The second-order valence-electron chi connectivity index (χ2n) is 2.03. The molecular weight excluding hydrogens is 164 g/mol. The van der Waals surface area contributed by atoms with Crippen molar-refractivity contribution in [2.75, 3.05) is 7.11 Å². The van der Waals surface area contributed by atoms with E-state index in [0.717, 1.165) is 12.1 Å². The van der Waals surface area contributed by atoms with Crippen LogP contribution in [0.2, 0.25) is 0 Å². The summed E-state index contributed by atoms with van der Waals surface area (Å²) in [6.07, 6.45) is 1.21. The van der Waals surface area contributed by atoms with E-state index in [-0.39, 0.29) is 0 Å². The molecule has 0 aliphatic carbocycles. The van der Waals surface area contributed by atoms with Gasteiger partial charge >= 0.3 is 0 Å². The fourth-order valence-electron chi connectivity index (χ4n) is 0.709. The number of nitrogens with zero attached hydrogens (tertiary/aromatic N) is 1. The summed E-state index contributed by atoms with van der Waals surface area (Å²) in [6.45, 7) is 0. The number of benzene rings is 1. The van der Waals surface area contributed by atoms with Gasteiger partial charge in [0.25, 0.3) is 0 Å². The molecule has 0 saturated carbocycles. The summed E-state index contributed by atoms with van der Waals surface area (Å²) in [5, 5.41) is 3.35. The molecule has 0 aliphatic heterocycles. The van der Waals surface area contributed by atoms with Crippen LogP contribution in [0.4, 0.5) is 8.78 Å². The van der Waals surface area contributed by atoms with Gasteiger partial charge in [-0.3, -0.25) is 0 Å². The molecule has 0 aromatic heterocycles. The third kappa shape index (κ3) is 2.30. The molecule has 4 heteroatoms. The predicted octanol–water partition coefficient (Wildman–Crippen LogP) is 1.75. The van der Waals surface area contributed by atoms with Gasteiger partial charge in [-0.15, -0.1) is 0 Å². The van der Waals surface area contributed by atoms with Crippen molar-refractivity contribution in [3.05, 3.63) is 35.4 Å². The highest BCUT2D eigenvalue weighted by atomic mass is 19.1. The van der Waals surface area contributed by atoms with Crippen molar-refractivity contribution in [3.63, 3.8) is 0 Å². The molecule has 0 unspecified atom stereocenters. The molecule has 0 aliphatic rings. The molecule has 0 amide bonds. The van der Waals surface area contributed by atoms with Gasteiger partial charge in [-0.1, -0.05) is 5.16 Å². The summed E-state index contributed by atoms with van der Waals surface area (Å²) in [4.78, 5) is 4.34. The van der Waals surface area contributed by atoms with Crippen LogP contribution in [0.3, 0.4) is 0 Å². The van der Waals surface area contributed by atoms with E-state index in [2.05, 4.69) is 9.99 Å². The predicted molar refractivity (Wildman–Crippen MR) is 39.8 cm³/mol. The molecule has 2 nitrogen and oxygen atoms in total. The van der Waals surface area contributed by atoms with Crippen molar-refractivity contribution in [3.8, 4) is 0 Å². The Labute approximate surface area is 68.5 Å². The largest absolute Gasteiger partial charge is 0.399 e. The van der Waals surface area contributed by atoms with Gasteiger partial charge < -0.3 is 4.84 Å². The van der Waals surface area contributed by atoms with Gasteiger partial charge in [0, 0.05) is 5.56 Å². The van der Waals surface area contributed by atoms with Crippen molar-refractivity contribution < 1.29 is 13.6 Å². The van der Waals surface area contributed by atoms with Gasteiger partial charge in [-0.2, -0.15) is 0 Å². The van der Waals surface area contributed by atoms with Crippen molar-refractivity contribution >= 4 is 6.21 Å². The van der Waals surface area contributed by atoms with E-state index < -0.39 is 11.6 Å². The lowest BCUT2D eigenvalue weighted by Crippen LogP contribution is -1.87. The number of hydrogen-bond donors (Lipinski definition) is 0. The first-order valence-electron chi connectivity index (χ1n) is 3.17. The second kappa shape index (κ2) is 3.80. The Bertz CT molecular complexity index is 279. The Morgan fingerprint density at radius 2 is 2.00 bits per heavy atom. The van der Waals surface area contributed by atoms with E-state index in [1.807, 2.05) is 6.07 Å². The lowest BCUT2D eigenvalue weighted by molar-refractivity contribution is 0.215. The quantitative estimate of drug-likeness (QED) is 0.489. The van der Waals surface area contributed by atoms with Crippen molar-refractivity contribution in [2.24, 2.45) is 5.16 Å². The molecule has 1 radical (unpaired) electrons. The highest BCUT2D eigenvalue weighted by molar-refractivity contribution is 5.78. The number of oxime groups is 1. The van der Waals surface area contributed by atoms with E-state index in [0.29, 0.717) is 5.56 Å². The fourth-order valence-corrected chi connectivity index (χ4v) is 0.709. The van der Waals surface area contributed by atoms with Crippen LogP contribution in [0.15, 0.2) is 17.3 Å². The van der Waals surface area contributed by atoms with E-state index in [1.54, 1.807) is 0 Å². The summed E-state index contributed by atoms with van der Waals surface area (Å²) >= 11 is 0. The lowest BCUT2D eigenvalue weighted by atomic mass is 10.2. The van der Waals surface area contributed by atoms with Gasteiger partial charge in [0.05, 0.1) is 12.3 Å². The minimum Gasteiger partial charge on any atom is -0.399 e. The van der Waals surface area contributed by atoms with Crippen LogP contribution < -0.4 is 0 Å². The monoisotopic (exact) mass is 170 g/mol. The standard InChI is InChI=1S/C8H6F2NO/c1-12-11-5-6-2-7(9)4-8(10)3-6/h2-3,5H,1H3. The van der Waals surface area contributed by atoms with Crippen molar-refractivity contribution in [1.82, 2.24) is 0 Å². The summed E-state index contributed by atoms with van der Waals surface area (Å²) in [7, 11) is 1.35. The Kier molecular flexibility index (Phi) is 2.74. The molecule has 1 aromatic rings. The first-order chi connectivity index (χ1) is 5.72. The number of halogens is 2. The fraction of sp³-hybridized carbons (Fsp3) is 0.125. The maximum Gasteiger partial charge on any atom is 0.134 e. The lowest BCUT2D eigenvalue weighted by Gasteiger charge is -1.93. The van der Waals surface area contributed by atoms with Gasteiger partial charge in [0.2, 0.25) is 0 Å². The highest BCUT2D eigenvalue weighted by Gasteiger charge is 1.98. The molecule has 0 N–H and O–H groups in total. The average molecular weight is 170 g/mol. The summed E-state index contributed by atoms with van der Waals surface area (Å²) in [5.41, 5.74) is 0.297. The Morgan fingerprint density at radius 3 is 2.50 bits per heavy atom. The molecule has 12 heavy (non-hydrogen) atoms. The summed E-state index contributed by atoms with van der Waals surface area (Å²) < 4.78 is 24.9. The zero-order valence-corrected chi connectivity index (χ0v) is 6.34. The van der Waals surface area contributed by atoms with E-state index >= 15 is 0 Å². The van der Waals surface area contributed by atoms with Crippen molar-refractivity contribution in [2.45, 2.75) is 0 Å². The maximum absolute atomic E-state index is 12.5. The van der Waals surface area contributed by atoms with Crippen LogP contribution >= 0.6 is 0 Å². The molecule has 0 spiro atoms. The molecule has 1 aromatic carbocycles. The molecule has 63 valence electrons. The maximum atomic E-state index is 12.5. The Balaban J connectivity index is 2.93. The van der Waals surface area contributed by atoms with E-state index in [1.165, 1.54) is 13.3 Å². The second-order valence-corrected chi connectivity index (χ2v) is 2.03. The molecule has 1 rings (SSSR count). The number of rotatable bonds is 2. The van der Waals surface area contributed by atoms with Gasteiger partial charge in [-0.05, 0) is 12.1 Å². The van der Waals surface area contributed by atoms with Crippen LogP contribution in [0.1, 0.15) is 5.56 Å². The topological polar surface area (TPSA) is 21.6 Å². The highest BCUT2D eigenvalue weighted by Crippen LogP contribution is 2.04. The van der Waals surface area contributed by atoms with Crippen molar-refractivity contribution in [1.29, 1.82) is 0 Å². The zero-order chi connectivity index (χ0) is 8.97. The van der Waals surface area contributed by atoms with Gasteiger partial charge in [0.15, 0.2) is 0 Å². The van der Waals surface area contributed by atoms with Crippen LogP contribution in [-0.2, 0) is 4.84 Å². The minimum atomic E-state index is -0.757. The smallest absolute Gasteiger partial charge is 0.134 e. The molecule has 0 fully saturated rings. The average Bonchev–Trinajstić information content (AvgIpc) is 1.99. The van der Waals surface area contributed by atoms with Crippen LogP contribution in [0.25, 0.3) is 0 Å². The molecular formula is C8H6F2NO. The Hall–Kier alpha value is -1.45. The molecule has 0 atom stereocenters. The number of hydrogen-bond acceptors (Lipinski definition) is 2. The van der Waals surface area contributed by atoms with E-state index in [9.17, 15) is 8.78 Å². The third-order valence-electron chi connectivity index (χ3n) is 1.13. The summed E-state index contributed by atoms with van der Waals surface area (Å²) in [6, 6.07) is 4.06. The molecule has 0 bridgehead atoms. The summed E-state index contributed by atoms with van der Waals surface area (Å²) in [5.74, 6) is -1.51. The van der Waals surface area contributed by atoms with Crippen LogP contribution in [0, 0.1) is 17.7 Å². The van der Waals surface area contributed by atoms with Crippen LogP contribution in [0.5, 0.6) is 0 Å². The first kappa shape index (κ1) is 8.64. The van der Waals surface area contributed by atoms with Gasteiger partial charge in [-0.25, -0.2) is 8.78 Å². The van der Waals surface area contributed by atoms with E-state index in [4.69, 9.17) is 0 Å². The molecule has 0 saturated heterocycles. The van der Waals surface area contributed by atoms with Crippen LogP contribution in [-0.4, -0.2) is 13.3 Å². The SMILES string of the molecule is CON=Cc1cc(F)[c]c(F)c1. The minimum absolute atomic E-state index is 0.297. The zero-order valence-electron chi connectivity index (χ0n) is 6.34. The molecule has 0 heterocycles. The van der Waals surface area contributed by atoms with Gasteiger partial charge in [0.1, 0.15) is 18.7 Å². The normalized spacial score (nSPS) is 10.6. The Morgan fingerprint density at radius 1 is 1.42 bits per heavy atom.